The van der Waals surface area contributed by atoms with Crippen molar-refractivity contribution in [1.82, 2.24) is 19.9 Å². The Morgan fingerprint density at radius 2 is 1.96 bits per heavy atom. The minimum Gasteiger partial charge on any atom is -0.336 e. The normalized spacial score (nSPS) is 17.0. The largest absolute Gasteiger partial charge is 0.336 e. The van der Waals surface area contributed by atoms with E-state index in [1.54, 1.807) is 0 Å². The number of likely N-dealkylation sites (tertiary alicyclic amines) is 1. The molecule has 0 radical (unpaired) electrons. The van der Waals surface area contributed by atoms with E-state index < -0.39 is 0 Å². The van der Waals surface area contributed by atoms with Crippen molar-refractivity contribution in [2.75, 3.05) is 13.1 Å². The van der Waals surface area contributed by atoms with Crippen molar-refractivity contribution >= 4 is 5.91 Å². The van der Waals surface area contributed by atoms with Crippen molar-refractivity contribution in [3.63, 3.8) is 0 Å². The van der Waals surface area contributed by atoms with Crippen molar-refractivity contribution in [2.24, 2.45) is 0 Å². The van der Waals surface area contributed by atoms with Crippen molar-refractivity contribution in [2.45, 2.75) is 19.4 Å². The van der Waals surface area contributed by atoms with Crippen LogP contribution in [0.15, 0.2) is 60.8 Å². The van der Waals surface area contributed by atoms with Gasteiger partial charge in [0.05, 0.1) is 12.2 Å². The van der Waals surface area contributed by atoms with Crippen LogP contribution in [0.4, 0.5) is 0 Å². The van der Waals surface area contributed by atoms with Crippen LogP contribution in [0.25, 0.3) is 11.3 Å². The number of aryl methyl sites for hydroxylation is 1. The SMILES string of the molecule is Cc1cccc(C(=O)N2CCC(n3cc(-c4ccccc4)nn3)C2)c1. The van der Waals surface area contributed by atoms with Crippen LogP contribution in [0.2, 0.25) is 0 Å². The lowest BCUT2D eigenvalue weighted by molar-refractivity contribution is 0.0787. The number of hydrogen-bond acceptors (Lipinski definition) is 3. The molecule has 2 heterocycles. The topological polar surface area (TPSA) is 51.0 Å². The maximum absolute atomic E-state index is 12.7. The molecule has 0 saturated carbocycles. The lowest BCUT2D eigenvalue weighted by Gasteiger charge is -2.16. The summed E-state index contributed by atoms with van der Waals surface area (Å²) >= 11 is 0. The average Bonchev–Trinajstić information content (AvgIpc) is 3.31. The van der Waals surface area contributed by atoms with E-state index in [0.717, 1.165) is 35.3 Å². The van der Waals surface area contributed by atoms with Crippen LogP contribution in [-0.4, -0.2) is 38.9 Å². The summed E-state index contributed by atoms with van der Waals surface area (Å²) in [5.74, 6) is 0.0922. The molecule has 1 aliphatic heterocycles. The van der Waals surface area contributed by atoms with Crippen molar-refractivity contribution in [1.29, 1.82) is 0 Å². The molecule has 0 aliphatic carbocycles. The van der Waals surface area contributed by atoms with E-state index in [-0.39, 0.29) is 11.9 Å². The maximum Gasteiger partial charge on any atom is 0.253 e. The second-order valence-corrected chi connectivity index (χ2v) is 6.51. The Labute approximate surface area is 146 Å². The standard InChI is InChI=1S/C20H20N4O/c1-15-6-5-9-17(12-15)20(25)23-11-10-18(13-23)24-14-19(21-22-24)16-7-3-2-4-8-16/h2-9,12,14,18H,10-11,13H2,1H3. The third kappa shape index (κ3) is 3.18. The quantitative estimate of drug-likeness (QED) is 0.739. The van der Waals surface area contributed by atoms with Gasteiger partial charge in [-0.25, -0.2) is 4.68 Å². The second kappa shape index (κ2) is 6.51. The fraction of sp³-hybridized carbons (Fsp3) is 0.250. The van der Waals surface area contributed by atoms with Crippen LogP contribution in [0.5, 0.6) is 0 Å². The van der Waals surface area contributed by atoms with E-state index in [2.05, 4.69) is 10.3 Å². The molecule has 0 N–H and O–H groups in total. The fourth-order valence-electron chi connectivity index (χ4n) is 3.30. The van der Waals surface area contributed by atoms with Gasteiger partial charge in [-0.15, -0.1) is 5.10 Å². The Balaban J connectivity index is 1.48. The first kappa shape index (κ1) is 15.6. The smallest absolute Gasteiger partial charge is 0.253 e. The molecule has 4 rings (SSSR count). The monoisotopic (exact) mass is 332 g/mol. The van der Waals surface area contributed by atoms with Crippen molar-refractivity contribution < 1.29 is 4.79 Å². The molecule has 5 heteroatoms. The number of amides is 1. The fourth-order valence-corrected chi connectivity index (χ4v) is 3.30. The Morgan fingerprint density at radius 1 is 1.12 bits per heavy atom. The lowest BCUT2D eigenvalue weighted by Crippen LogP contribution is -2.29. The predicted octanol–water partition coefficient (Wildman–Crippen LogP) is 3.34. The molecule has 2 aromatic carbocycles. The maximum atomic E-state index is 12.7. The molecule has 25 heavy (non-hydrogen) atoms. The molecule has 1 fully saturated rings. The Morgan fingerprint density at radius 3 is 2.76 bits per heavy atom. The second-order valence-electron chi connectivity index (χ2n) is 6.51. The molecule has 1 amide bonds. The minimum atomic E-state index is 0.0922. The molecular weight excluding hydrogens is 312 g/mol. The van der Waals surface area contributed by atoms with Gasteiger partial charge in [0.15, 0.2) is 0 Å². The summed E-state index contributed by atoms with van der Waals surface area (Å²) < 4.78 is 1.89. The number of carbonyl (C=O) groups is 1. The zero-order valence-electron chi connectivity index (χ0n) is 14.2. The molecule has 1 unspecified atom stereocenters. The molecule has 1 atom stereocenters. The highest BCUT2D eigenvalue weighted by molar-refractivity contribution is 5.94. The summed E-state index contributed by atoms with van der Waals surface area (Å²) in [6.07, 6.45) is 2.87. The summed E-state index contributed by atoms with van der Waals surface area (Å²) in [6.45, 7) is 3.42. The third-order valence-electron chi connectivity index (χ3n) is 4.67. The van der Waals surface area contributed by atoms with Gasteiger partial charge in [0.1, 0.15) is 5.69 Å². The summed E-state index contributed by atoms with van der Waals surface area (Å²) in [5, 5.41) is 8.56. The predicted molar refractivity (Wildman–Crippen MR) is 96.2 cm³/mol. The molecule has 0 spiro atoms. The van der Waals surface area contributed by atoms with Crippen LogP contribution in [0, 0.1) is 6.92 Å². The highest BCUT2D eigenvalue weighted by Gasteiger charge is 2.29. The third-order valence-corrected chi connectivity index (χ3v) is 4.67. The number of carbonyl (C=O) groups excluding carboxylic acids is 1. The van der Waals surface area contributed by atoms with Gasteiger partial charge >= 0.3 is 0 Å². The van der Waals surface area contributed by atoms with Crippen LogP contribution < -0.4 is 0 Å². The molecule has 0 bridgehead atoms. The first-order valence-electron chi connectivity index (χ1n) is 8.54. The minimum absolute atomic E-state index is 0.0922. The Hall–Kier alpha value is -2.95. The van der Waals surface area contributed by atoms with Crippen LogP contribution in [0.3, 0.4) is 0 Å². The van der Waals surface area contributed by atoms with E-state index in [1.807, 2.05) is 77.3 Å². The van der Waals surface area contributed by atoms with Gasteiger partial charge in [-0.1, -0.05) is 53.2 Å². The van der Waals surface area contributed by atoms with E-state index in [1.165, 1.54) is 0 Å². The molecule has 1 saturated heterocycles. The summed E-state index contributed by atoms with van der Waals surface area (Å²) in [5.41, 5.74) is 3.78. The Kier molecular flexibility index (Phi) is 4.06. The van der Waals surface area contributed by atoms with Gasteiger partial charge < -0.3 is 4.90 Å². The van der Waals surface area contributed by atoms with Crippen LogP contribution >= 0.6 is 0 Å². The number of nitrogens with zero attached hydrogens (tertiary/aromatic N) is 4. The molecule has 1 aromatic heterocycles. The molecule has 3 aromatic rings. The van der Waals surface area contributed by atoms with Crippen molar-refractivity contribution in [3.05, 3.63) is 71.9 Å². The number of aromatic nitrogens is 3. The van der Waals surface area contributed by atoms with Gasteiger partial charge in [-0.2, -0.15) is 0 Å². The number of hydrogen-bond donors (Lipinski definition) is 0. The zero-order chi connectivity index (χ0) is 17.2. The molecule has 1 aliphatic rings. The van der Waals surface area contributed by atoms with Crippen LogP contribution in [-0.2, 0) is 0 Å². The first-order chi connectivity index (χ1) is 12.2. The van der Waals surface area contributed by atoms with E-state index in [4.69, 9.17) is 0 Å². The van der Waals surface area contributed by atoms with Gasteiger partial charge in [0.2, 0.25) is 0 Å². The molecular formula is C20H20N4O. The van der Waals surface area contributed by atoms with Crippen LogP contribution in [0.1, 0.15) is 28.4 Å². The van der Waals surface area contributed by atoms with Gasteiger partial charge in [-0.3, -0.25) is 4.79 Å². The number of rotatable bonds is 3. The van der Waals surface area contributed by atoms with E-state index >= 15 is 0 Å². The van der Waals surface area contributed by atoms with Gasteiger partial charge in [-0.05, 0) is 25.5 Å². The number of benzene rings is 2. The summed E-state index contributed by atoms with van der Waals surface area (Å²) in [7, 11) is 0. The zero-order valence-corrected chi connectivity index (χ0v) is 14.2. The van der Waals surface area contributed by atoms with Gasteiger partial charge in [0, 0.05) is 24.2 Å². The van der Waals surface area contributed by atoms with Crippen molar-refractivity contribution in [3.8, 4) is 11.3 Å². The molecule has 5 nitrogen and oxygen atoms in total. The summed E-state index contributed by atoms with van der Waals surface area (Å²) in [6, 6.07) is 18.0. The Bertz CT molecular complexity index is 887. The average molecular weight is 332 g/mol. The molecule has 126 valence electrons. The summed E-state index contributed by atoms with van der Waals surface area (Å²) in [4.78, 5) is 14.6. The highest BCUT2D eigenvalue weighted by atomic mass is 16.2. The highest BCUT2D eigenvalue weighted by Crippen LogP contribution is 2.24. The van der Waals surface area contributed by atoms with Gasteiger partial charge in [0.25, 0.3) is 5.91 Å². The first-order valence-corrected chi connectivity index (χ1v) is 8.54. The van der Waals surface area contributed by atoms with E-state index in [0.29, 0.717) is 6.54 Å². The lowest BCUT2D eigenvalue weighted by atomic mass is 10.1. The van der Waals surface area contributed by atoms with E-state index in [9.17, 15) is 4.79 Å².